The first kappa shape index (κ1) is 18.9. The van der Waals surface area contributed by atoms with Crippen LogP contribution in [-0.4, -0.2) is 29.8 Å². The number of hydrogen-bond donors (Lipinski definition) is 1. The van der Waals surface area contributed by atoms with Gasteiger partial charge in [0.2, 0.25) is 0 Å². The molecule has 0 aliphatic carbocycles. The number of fused-ring (bicyclic) bond motifs is 5. The highest BCUT2D eigenvalue weighted by Gasteiger charge is 2.33. The van der Waals surface area contributed by atoms with E-state index in [0.717, 1.165) is 27.5 Å². The number of anilines is 1. The van der Waals surface area contributed by atoms with Gasteiger partial charge in [-0.3, -0.25) is 4.79 Å². The molecule has 146 valence electrons. The van der Waals surface area contributed by atoms with E-state index in [1.807, 2.05) is 18.2 Å². The smallest absolute Gasteiger partial charge is 0.285 e. The summed E-state index contributed by atoms with van der Waals surface area (Å²) in [5.41, 5.74) is 6.87. The highest BCUT2D eigenvalue weighted by molar-refractivity contribution is 8.13. The lowest BCUT2D eigenvalue weighted by atomic mass is 9.82. The van der Waals surface area contributed by atoms with Crippen LogP contribution in [0, 0.1) is 0 Å². The maximum atomic E-state index is 12.4. The van der Waals surface area contributed by atoms with Crippen LogP contribution in [0.25, 0.3) is 16.7 Å². The van der Waals surface area contributed by atoms with Crippen molar-refractivity contribution in [1.82, 2.24) is 4.90 Å². The summed E-state index contributed by atoms with van der Waals surface area (Å²) in [6.07, 6.45) is 2.21. The number of benzene rings is 2. The van der Waals surface area contributed by atoms with Crippen LogP contribution in [0.15, 0.2) is 41.3 Å². The molecule has 0 spiro atoms. The fourth-order valence-corrected chi connectivity index (χ4v) is 5.01. The van der Waals surface area contributed by atoms with Crippen molar-refractivity contribution in [3.05, 3.63) is 47.5 Å². The van der Waals surface area contributed by atoms with Crippen molar-refractivity contribution in [2.45, 2.75) is 44.2 Å². The number of rotatable bonds is 1. The summed E-state index contributed by atoms with van der Waals surface area (Å²) in [5, 5.41) is 3.63. The normalized spacial score (nSPS) is 18.6. The van der Waals surface area contributed by atoms with Gasteiger partial charge in [0.15, 0.2) is 0 Å². The van der Waals surface area contributed by atoms with Crippen LogP contribution in [0.2, 0.25) is 0 Å². The molecular formula is C23H26N2O2S. The first-order valence-electron chi connectivity index (χ1n) is 9.52. The molecule has 0 saturated heterocycles. The van der Waals surface area contributed by atoms with Crippen LogP contribution in [0.5, 0.6) is 5.75 Å². The largest absolute Gasteiger partial charge is 0.485 e. The number of carbonyl (C=O) groups excluding carboxylic acids is 1. The van der Waals surface area contributed by atoms with Crippen molar-refractivity contribution >= 4 is 28.3 Å². The summed E-state index contributed by atoms with van der Waals surface area (Å²) < 4.78 is 6.31. The zero-order valence-electron chi connectivity index (χ0n) is 17.2. The lowest BCUT2D eigenvalue weighted by Gasteiger charge is -2.36. The Hall–Kier alpha value is -2.40. The molecule has 2 aromatic carbocycles. The van der Waals surface area contributed by atoms with E-state index < -0.39 is 0 Å². The molecule has 1 unspecified atom stereocenters. The molecule has 0 bridgehead atoms. The minimum absolute atomic E-state index is 0.00558. The number of thioether (sulfide) groups is 1. The average molecular weight is 395 g/mol. The van der Waals surface area contributed by atoms with Crippen LogP contribution in [0.4, 0.5) is 10.5 Å². The highest BCUT2D eigenvalue weighted by Crippen LogP contribution is 2.51. The number of hydrogen-bond acceptors (Lipinski definition) is 4. The maximum Gasteiger partial charge on any atom is 0.285 e. The van der Waals surface area contributed by atoms with Gasteiger partial charge in [-0.15, -0.1) is 0 Å². The first-order chi connectivity index (χ1) is 13.2. The number of nitrogens with one attached hydrogen (secondary N) is 1. The van der Waals surface area contributed by atoms with Gasteiger partial charge in [-0.25, -0.2) is 0 Å². The monoisotopic (exact) mass is 394 g/mol. The van der Waals surface area contributed by atoms with Gasteiger partial charge < -0.3 is 15.0 Å². The van der Waals surface area contributed by atoms with Crippen molar-refractivity contribution in [3.63, 3.8) is 0 Å². The molecule has 1 amide bonds. The van der Waals surface area contributed by atoms with E-state index in [4.69, 9.17) is 4.74 Å². The lowest BCUT2D eigenvalue weighted by Crippen LogP contribution is -2.32. The van der Waals surface area contributed by atoms with E-state index in [0.29, 0.717) is 0 Å². The SMILES string of the molecule is CC1=CC(C)(C)Nc2ccc3c(c21)C(C)Oc1cccc(SC(=O)N(C)C)c1-3. The quantitative estimate of drug-likeness (QED) is 0.586. The van der Waals surface area contributed by atoms with Crippen molar-refractivity contribution in [3.8, 4) is 16.9 Å². The van der Waals surface area contributed by atoms with Crippen LogP contribution in [0.3, 0.4) is 0 Å². The molecule has 1 atom stereocenters. The van der Waals surface area contributed by atoms with Crippen LogP contribution in [-0.2, 0) is 0 Å². The second kappa shape index (κ2) is 6.59. The van der Waals surface area contributed by atoms with Crippen LogP contribution in [0.1, 0.15) is 44.9 Å². The Morgan fingerprint density at radius 2 is 1.93 bits per heavy atom. The third-order valence-electron chi connectivity index (χ3n) is 5.20. The van der Waals surface area contributed by atoms with Gasteiger partial charge >= 0.3 is 0 Å². The van der Waals surface area contributed by atoms with Gasteiger partial charge in [0.1, 0.15) is 11.9 Å². The summed E-state index contributed by atoms with van der Waals surface area (Å²) in [5.74, 6) is 0.835. The minimum Gasteiger partial charge on any atom is -0.485 e. The van der Waals surface area contributed by atoms with E-state index in [2.05, 4.69) is 51.2 Å². The second-order valence-corrected chi connectivity index (χ2v) is 9.27. The Bertz CT molecular complexity index is 1010. The fourth-order valence-electron chi connectivity index (χ4n) is 4.18. The standard InChI is InChI=1S/C23H26N2O2S/c1-13-12-23(3,4)24-16-11-10-15-20(19(13)16)14(2)27-17-8-7-9-18(21(15)17)28-22(26)25(5)6/h7-12,14,24H,1-6H3. The summed E-state index contributed by atoms with van der Waals surface area (Å²) >= 11 is 1.25. The van der Waals surface area contributed by atoms with E-state index in [1.54, 1.807) is 19.0 Å². The van der Waals surface area contributed by atoms with E-state index in [9.17, 15) is 4.79 Å². The molecule has 0 saturated carbocycles. The predicted octanol–water partition coefficient (Wildman–Crippen LogP) is 6.19. The summed E-state index contributed by atoms with van der Waals surface area (Å²) in [6.45, 7) is 8.62. The predicted molar refractivity (Wildman–Crippen MR) is 117 cm³/mol. The fraction of sp³-hybridized carbons (Fsp3) is 0.348. The molecule has 4 nitrogen and oxygen atoms in total. The maximum absolute atomic E-state index is 12.4. The number of allylic oxidation sites excluding steroid dienone is 1. The molecule has 2 aliphatic heterocycles. The molecular weight excluding hydrogens is 368 g/mol. The molecule has 2 heterocycles. The molecule has 0 aromatic heterocycles. The zero-order valence-corrected chi connectivity index (χ0v) is 18.0. The minimum atomic E-state index is -0.0822. The molecule has 2 aromatic rings. The Morgan fingerprint density at radius 3 is 2.64 bits per heavy atom. The lowest BCUT2D eigenvalue weighted by molar-refractivity contribution is 0.222. The van der Waals surface area contributed by atoms with Crippen LogP contribution >= 0.6 is 11.8 Å². The molecule has 0 fully saturated rings. The highest BCUT2D eigenvalue weighted by atomic mass is 32.2. The zero-order chi connectivity index (χ0) is 20.2. The second-order valence-electron chi connectivity index (χ2n) is 8.28. The van der Waals surface area contributed by atoms with Crippen LogP contribution < -0.4 is 10.1 Å². The molecule has 4 rings (SSSR count). The van der Waals surface area contributed by atoms with Crippen molar-refractivity contribution < 1.29 is 9.53 Å². The summed E-state index contributed by atoms with van der Waals surface area (Å²) in [6, 6.07) is 10.3. The van der Waals surface area contributed by atoms with Gasteiger partial charge in [-0.1, -0.05) is 18.2 Å². The summed E-state index contributed by atoms with van der Waals surface area (Å²) in [4.78, 5) is 14.9. The Balaban J connectivity index is 1.92. The molecule has 28 heavy (non-hydrogen) atoms. The number of ether oxygens (including phenoxy) is 1. The number of nitrogens with zero attached hydrogens (tertiary/aromatic N) is 1. The van der Waals surface area contributed by atoms with E-state index in [-0.39, 0.29) is 16.9 Å². The molecule has 5 heteroatoms. The third kappa shape index (κ3) is 3.08. The molecule has 0 radical (unpaired) electrons. The first-order valence-corrected chi connectivity index (χ1v) is 10.3. The van der Waals surface area contributed by atoms with Crippen molar-refractivity contribution in [1.29, 1.82) is 0 Å². The van der Waals surface area contributed by atoms with E-state index >= 15 is 0 Å². The Morgan fingerprint density at radius 1 is 1.18 bits per heavy atom. The average Bonchev–Trinajstić information content (AvgIpc) is 2.60. The summed E-state index contributed by atoms with van der Waals surface area (Å²) in [7, 11) is 3.55. The van der Waals surface area contributed by atoms with Crippen molar-refractivity contribution in [2.75, 3.05) is 19.4 Å². The van der Waals surface area contributed by atoms with Gasteiger partial charge in [0.25, 0.3) is 5.24 Å². The van der Waals surface area contributed by atoms with Gasteiger partial charge in [0, 0.05) is 41.4 Å². The Labute approximate surface area is 171 Å². The van der Waals surface area contributed by atoms with Crippen molar-refractivity contribution in [2.24, 2.45) is 0 Å². The molecule has 2 aliphatic rings. The third-order valence-corrected chi connectivity index (χ3v) is 6.30. The molecule has 1 N–H and O–H groups in total. The topological polar surface area (TPSA) is 41.6 Å². The number of amides is 1. The van der Waals surface area contributed by atoms with Gasteiger partial charge in [-0.2, -0.15) is 0 Å². The van der Waals surface area contributed by atoms with Gasteiger partial charge in [0.05, 0.1) is 5.54 Å². The van der Waals surface area contributed by atoms with Gasteiger partial charge in [-0.05, 0) is 68.8 Å². The Kier molecular flexibility index (Phi) is 4.46. The number of carbonyl (C=O) groups is 1. The van der Waals surface area contributed by atoms with E-state index in [1.165, 1.54) is 28.5 Å².